The maximum Gasteiger partial charge on any atom is 0.324 e. The molecule has 0 aromatic carbocycles. The van der Waals surface area contributed by atoms with Gasteiger partial charge in [-0.3, -0.25) is 19.2 Å². The molecule has 0 radical (unpaired) electrons. The number of nitrogens with zero attached hydrogens (tertiary/aromatic N) is 1. The third-order valence-corrected chi connectivity index (χ3v) is 4.66. The van der Waals surface area contributed by atoms with Gasteiger partial charge >= 0.3 is 5.97 Å². The molecular weight excluding hydrogens is 240 g/mol. The smallest absolute Gasteiger partial charge is 0.324 e. The van der Waals surface area contributed by atoms with E-state index < -0.39 is 22.3 Å². The fourth-order valence-electron chi connectivity index (χ4n) is 2.13. The van der Waals surface area contributed by atoms with Crippen LogP contribution >= 0.6 is 0 Å². The first-order chi connectivity index (χ1) is 7.99. The first kappa shape index (κ1) is 13.0. The van der Waals surface area contributed by atoms with Crippen molar-refractivity contribution in [3.63, 3.8) is 0 Å². The number of rotatable bonds is 5. The number of nitrogens with one attached hydrogen (secondary N) is 1. The van der Waals surface area contributed by atoms with Crippen molar-refractivity contribution < 1.29 is 14.1 Å². The van der Waals surface area contributed by atoms with Gasteiger partial charge in [-0.2, -0.15) is 0 Å². The summed E-state index contributed by atoms with van der Waals surface area (Å²) in [6.07, 6.45) is 2.15. The van der Waals surface area contributed by atoms with Crippen LogP contribution in [0.1, 0.15) is 19.8 Å². The van der Waals surface area contributed by atoms with E-state index in [9.17, 15) is 14.1 Å². The predicted molar refractivity (Wildman–Crippen MR) is 66.5 cm³/mol. The Morgan fingerprint density at radius 3 is 2.53 bits per heavy atom. The van der Waals surface area contributed by atoms with Crippen molar-refractivity contribution in [2.45, 2.75) is 31.3 Å². The summed E-state index contributed by atoms with van der Waals surface area (Å²) >= 11 is 0. The minimum atomic E-state index is -0.875. The van der Waals surface area contributed by atoms with E-state index in [0.29, 0.717) is 24.1 Å². The van der Waals surface area contributed by atoms with Gasteiger partial charge in [0.15, 0.2) is 0 Å². The van der Waals surface area contributed by atoms with Gasteiger partial charge < -0.3 is 5.11 Å². The molecule has 2 fully saturated rings. The van der Waals surface area contributed by atoms with E-state index in [2.05, 4.69) is 10.2 Å². The molecule has 6 heteroatoms. The van der Waals surface area contributed by atoms with Crippen LogP contribution < -0.4 is 5.32 Å². The highest BCUT2D eigenvalue weighted by Gasteiger charge is 2.40. The molecule has 1 saturated carbocycles. The van der Waals surface area contributed by atoms with Crippen molar-refractivity contribution in [2.75, 3.05) is 31.1 Å². The van der Waals surface area contributed by atoms with E-state index in [1.807, 2.05) is 0 Å². The average Bonchev–Trinajstić information content (AvgIpc) is 3.05. The summed E-state index contributed by atoms with van der Waals surface area (Å²) in [6.45, 7) is 3.72. The second-order valence-electron chi connectivity index (χ2n) is 5.18. The molecule has 98 valence electrons. The van der Waals surface area contributed by atoms with Gasteiger partial charge in [0, 0.05) is 48.0 Å². The quantitative estimate of drug-likeness (QED) is 0.707. The molecule has 0 bridgehead atoms. The Kier molecular flexibility index (Phi) is 3.85. The zero-order valence-corrected chi connectivity index (χ0v) is 11.0. The van der Waals surface area contributed by atoms with Crippen molar-refractivity contribution >= 4 is 16.8 Å². The molecule has 1 saturated heterocycles. The van der Waals surface area contributed by atoms with E-state index in [-0.39, 0.29) is 0 Å². The van der Waals surface area contributed by atoms with Crippen molar-refractivity contribution in [3.8, 4) is 0 Å². The molecule has 0 aromatic rings. The van der Waals surface area contributed by atoms with Crippen molar-refractivity contribution in [2.24, 2.45) is 0 Å². The summed E-state index contributed by atoms with van der Waals surface area (Å²) in [6, 6.07) is 0.370. The van der Waals surface area contributed by atoms with Gasteiger partial charge in [-0.1, -0.05) is 0 Å². The highest BCUT2D eigenvalue weighted by molar-refractivity contribution is 7.85. The summed E-state index contributed by atoms with van der Waals surface area (Å²) in [5.41, 5.74) is -0.875. The molecule has 1 heterocycles. The van der Waals surface area contributed by atoms with E-state index in [0.717, 1.165) is 25.9 Å². The Balaban J connectivity index is 1.92. The third kappa shape index (κ3) is 3.50. The van der Waals surface area contributed by atoms with E-state index in [4.69, 9.17) is 0 Å². The second-order valence-corrected chi connectivity index (χ2v) is 6.88. The average molecular weight is 260 g/mol. The molecule has 1 atom stereocenters. The lowest BCUT2D eigenvalue weighted by molar-refractivity contribution is -0.145. The molecule has 5 nitrogen and oxygen atoms in total. The summed E-state index contributed by atoms with van der Waals surface area (Å²) in [4.78, 5) is 13.5. The van der Waals surface area contributed by atoms with Crippen LogP contribution in [0.2, 0.25) is 0 Å². The standard InChI is InChI=1S/C11H20N2O3S/c1-11(10(14)15,12-9-2-3-9)8-13-4-6-17(16)7-5-13/h9,12H,2-8H2,1H3,(H,14,15). The molecule has 0 amide bonds. The normalized spacial score (nSPS) is 26.6. The van der Waals surface area contributed by atoms with E-state index >= 15 is 0 Å². The molecule has 1 aliphatic carbocycles. The summed E-state index contributed by atoms with van der Waals surface area (Å²) < 4.78 is 11.2. The van der Waals surface area contributed by atoms with Crippen LogP contribution in [0.15, 0.2) is 0 Å². The highest BCUT2D eigenvalue weighted by Crippen LogP contribution is 2.23. The summed E-state index contributed by atoms with van der Waals surface area (Å²) in [7, 11) is -0.708. The van der Waals surface area contributed by atoms with Gasteiger partial charge in [0.1, 0.15) is 5.54 Å². The van der Waals surface area contributed by atoms with E-state index in [1.54, 1.807) is 6.92 Å². The van der Waals surface area contributed by atoms with E-state index in [1.165, 1.54) is 0 Å². The maximum absolute atomic E-state index is 11.4. The third-order valence-electron chi connectivity index (χ3n) is 3.38. The minimum absolute atomic E-state index is 0.370. The lowest BCUT2D eigenvalue weighted by Crippen LogP contribution is -2.59. The number of hydrogen-bond donors (Lipinski definition) is 2. The molecule has 2 N–H and O–H groups in total. The molecule has 1 unspecified atom stereocenters. The molecule has 0 spiro atoms. The van der Waals surface area contributed by atoms with Crippen molar-refractivity contribution in [1.82, 2.24) is 10.2 Å². The number of carboxylic acids is 1. The number of hydrogen-bond acceptors (Lipinski definition) is 4. The fraction of sp³-hybridized carbons (Fsp3) is 0.909. The highest BCUT2D eigenvalue weighted by atomic mass is 32.2. The van der Waals surface area contributed by atoms with Gasteiger partial charge in [0.2, 0.25) is 0 Å². The monoisotopic (exact) mass is 260 g/mol. The first-order valence-corrected chi connectivity index (χ1v) is 7.57. The van der Waals surface area contributed by atoms with Crippen molar-refractivity contribution in [3.05, 3.63) is 0 Å². The number of carbonyl (C=O) groups is 1. The molecule has 2 rings (SSSR count). The van der Waals surface area contributed by atoms with Crippen LogP contribution in [0.25, 0.3) is 0 Å². The zero-order valence-electron chi connectivity index (χ0n) is 10.1. The Labute approximate surface area is 104 Å². The lowest BCUT2D eigenvalue weighted by atomic mass is 10.0. The van der Waals surface area contributed by atoms with Gasteiger partial charge in [0.25, 0.3) is 0 Å². The number of carboxylic acid groups (broad SMARTS) is 1. The molecule has 1 aliphatic heterocycles. The Hall–Kier alpha value is -0.460. The first-order valence-electron chi connectivity index (χ1n) is 6.08. The molecule has 2 aliphatic rings. The Morgan fingerprint density at radius 1 is 1.47 bits per heavy atom. The van der Waals surface area contributed by atoms with Crippen LogP contribution in [0, 0.1) is 0 Å². The lowest BCUT2D eigenvalue weighted by Gasteiger charge is -2.35. The Morgan fingerprint density at radius 2 is 2.06 bits per heavy atom. The largest absolute Gasteiger partial charge is 0.480 e. The fourth-order valence-corrected chi connectivity index (χ4v) is 3.26. The minimum Gasteiger partial charge on any atom is -0.480 e. The van der Waals surface area contributed by atoms with Crippen molar-refractivity contribution in [1.29, 1.82) is 0 Å². The topological polar surface area (TPSA) is 69.6 Å². The Bertz CT molecular complexity index is 323. The second kappa shape index (κ2) is 5.04. The van der Waals surface area contributed by atoms with Gasteiger partial charge in [-0.05, 0) is 19.8 Å². The number of aliphatic carboxylic acids is 1. The van der Waals surface area contributed by atoms with Crippen LogP contribution in [-0.4, -0.2) is 62.9 Å². The van der Waals surface area contributed by atoms with Crippen LogP contribution in [0.3, 0.4) is 0 Å². The molecule has 0 aromatic heterocycles. The maximum atomic E-state index is 11.4. The van der Waals surface area contributed by atoms with Crippen LogP contribution in [0.5, 0.6) is 0 Å². The summed E-state index contributed by atoms with van der Waals surface area (Å²) in [5.74, 6) is 0.536. The van der Waals surface area contributed by atoms with Gasteiger partial charge in [-0.15, -0.1) is 0 Å². The zero-order chi connectivity index (χ0) is 12.5. The van der Waals surface area contributed by atoms with Gasteiger partial charge in [0.05, 0.1) is 0 Å². The van der Waals surface area contributed by atoms with Gasteiger partial charge in [-0.25, -0.2) is 0 Å². The van der Waals surface area contributed by atoms with Crippen LogP contribution in [-0.2, 0) is 15.6 Å². The van der Waals surface area contributed by atoms with Crippen LogP contribution in [0.4, 0.5) is 0 Å². The SMILES string of the molecule is CC(CN1CCS(=O)CC1)(NC1CC1)C(=O)O. The summed E-state index contributed by atoms with van der Waals surface area (Å²) in [5, 5.41) is 12.6. The predicted octanol–water partition coefficient (Wildman–Crippen LogP) is -0.354. The molecular formula is C11H20N2O3S. The molecule has 17 heavy (non-hydrogen) atoms.